The molecule has 0 unspecified atom stereocenters. The Bertz CT molecular complexity index is 510. The number of ether oxygens (including phenoxy) is 1. The molecule has 0 spiro atoms. The lowest BCUT2D eigenvalue weighted by Crippen LogP contribution is -1.86. The van der Waals surface area contributed by atoms with Crippen LogP contribution in [0.2, 0.25) is 0 Å². The van der Waals surface area contributed by atoms with Crippen LogP contribution in [0.5, 0.6) is 5.75 Å². The van der Waals surface area contributed by atoms with Gasteiger partial charge in [-0.15, -0.1) is 0 Å². The summed E-state index contributed by atoms with van der Waals surface area (Å²) in [4.78, 5) is 0. The van der Waals surface area contributed by atoms with Gasteiger partial charge in [0.2, 0.25) is 0 Å². The summed E-state index contributed by atoms with van der Waals surface area (Å²) in [5.74, 6) is 0.288. The predicted molar refractivity (Wildman–Crippen MR) is 74.2 cm³/mol. The van der Waals surface area contributed by atoms with Gasteiger partial charge in [0.05, 0.1) is 6.61 Å². The fourth-order valence-corrected chi connectivity index (χ4v) is 1.67. The van der Waals surface area contributed by atoms with Crippen molar-refractivity contribution in [3.05, 3.63) is 65.2 Å². The molecule has 92 valence electrons. The van der Waals surface area contributed by atoms with Gasteiger partial charge in [-0.05, 0) is 28.8 Å². The molecular weight excluding hydrogens is 224 g/mol. The molecular formula is C16H16O2. The van der Waals surface area contributed by atoms with Crippen LogP contribution in [-0.4, -0.2) is 12.2 Å². The van der Waals surface area contributed by atoms with Gasteiger partial charge >= 0.3 is 0 Å². The van der Waals surface area contributed by atoms with Crippen molar-refractivity contribution in [2.45, 2.75) is 6.61 Å². The van der Waals surface area contributed by atoms with Crippen LogP contribution in [-0.2, 0) is 11.3 Å². The molecule has 0 saturated carbocycles. The van der Waals surface area contributed by atoms with Crippen molar-refractivity contribution in [1.29, 1.82) is 0 Å². The summed E-state index contributed by atoms with van der Waals surface area (Å²) in [6.07, 6.45) is 4.06. The molecule has 0 heterocycles. The largest absolute Gasteiger partial charge is 0.508 e. The zero-order chi connectivity index (χ0) is 12.8. The average molecular weight is 240 g/mol. The highest BCUT2D eigenvalue weighted by molar-refractivity contribution is 5.69. The molecule has 0 saturated heterocycles. The van der Waals surface area contributed by atoms with Crippen LogP contribution in [0.25, 0.3) is 12.2 Å². The molecule has 0 aromatic heterocycles. The maximum absolute atomic E-state index is 9.19. The molecule has 1 N–H and O–H groups in total. The summed E-state index contributed by atoms with van der Waals surface area (Å²) < 4.78 is 5.07. The zero-order valence-corrected chi connectivity index (χ0v) is 10.3. The number of hydrogen-bond acceptors (Lipinski definition) is 2. The molecule has 0 radical (unpaired) electrons. The lowest BCUT2D eigenvalue weighted by atomic mass is 10.1. The number of rotatable bonds is 4. The Hall–Kier alpha value is -2.06. The minimum atomic E-state index is 0.288. The first-order valence-corrected chi connectivity index (χ1v) is 5.83. The van der Waals surface area contributed by atoms with E-state index in [1.807, 2.05) is 24.3 Å². The number of phenols is 1. The maximum Gasteiger partial charge on any atom is 0.115 e. The minimum Gasteiger partial charge on any atom is -0.508 e. The normalized spacial score (nSPS) is 10.9. The van der Waals surface area contributed by atoms with Crippen LogP contribution in [0.3, 0.4) is 0 Å². The Morgan fingerprint density at radius 1 is 0.889 bits per heavy atom. The zero-order valence-electron chi connectivity index (χ0n) is 10.3. The molecule has 2 aromatic carbocycles. The first-order chi connectivity index (χ1) is 8.78. The molecule has 2 nitrogen and oxygen atoms in total. The summed E-state index contributed by atoms with van der Waals surface area (Å²) in [6, 6.07) is 15.4. The third-order valence-electron chi connectivity index (χ3n) is 2.65. The van der Waals surface area contributed by atoms with Gasteiger partial charge in [-0.25, -0.2) is 0 Å². The van der Waals surface area contributed by atoms with E-state index in [1.54, 1.807) is 19.2 Å². The van der Waals surface area contributed by atoms with E-state index in [0.717, 1.165) is 11.1 Å². The highest BCUT2D eigenvalue weighted by Crippen LogP contribution is 2.13. The molecule has 0 aliphatic rings. The topological polar surface area (TPSA) is 29.5 Å². The quantitative estimate of drug-likeness (QED) is 0.825. The van der Waals surface area contributed by atoms with E-state index in [4.69, 9.17) is 4.74 Å². The van der Waals surface area contributed by atoms with Crippen molar-refractivity contribution >= 4 is 12.2 Å². The number of phenolic OH excluding ortho intramolecular Hbond substituents is 1. The number of aromatic hydroxyl groups is 1. The van der Waals surface area contributed by atoms with Crippen LogP contribution in [0.15, 0.2) is 48.5 Å². The molecule has 0 fully saturated rings. The third-order valence-corrected chi connectivity index (χ3v) is 2.65. The van der Waals surface area contributed by atoms with E-state index in [1.165, 1.54) is 5.56 Å². The Labute approximate surface area is 107 Å². The fraction of sp³-hybridized carbons (Fsp3) is 0.125. The van der Waals surface area contributed by atoms with E-state index in [9.17, 15) is 5.11 Å². The van der Waals surface area contributed by atoms with Crippen molar-refractivity contribution < 1.29 is 9.84 Å². The van der Waals surface area contributed by atoms with Gasteiger partial charge in [0.15, 0.2) is 0 Å². The van der Waals surface area contributed by atoms with E-state index in [2.05, 4.69) is 24.3 Å². The van der Waals surface area contributed by atoms with Crippen molar-refractivity contribution in [2.75, 3.05) is 7.11 Å². The van der Waals surface area contributed by atoms with Crippen molar-refractivity contribution in [2.24, 2.45) is 0 Å². The predicted octanol–water partition coefficient (Wildman–Crippen LogP) is 3.71. The first kappa shape index (κ1) is 12.4. The molecule has 2 aromatic rings. The Morgan fingerprint density at radius 2 is 1.39 bits per heavy atom. The standard InChI is InChI=1S/C16H16O2/c1-18-12-15-6-4-13(5-7-15)2-3-14-8-10-16(17)11-9-14/h2-11,17H,12H2,1H3. The van der Waals surface area contributed by atoms with Crippen LogP contribution < -0.4 is 0 Å². The third kappa shape index (κ3) is 3.47. The van der Waals surface area contributed by atoms with E-state index in [-0.39, 0.29) is 5.75 Å². The van der Waals surface area contributed by atoms with E-state index in [0.29, 0.717) is 6.61 Å². The van der Waals surface area contributed by atoms with Gasteiger partial charge in [0.25, 0.3) is 0 Å². The smallest absolute Gasteiger partial charge is 0.115 e. The Morgan fingerprint density at radius 3 is 1.89 bits per heavy atom. The highest BCUT2D eigenvalue weighted by Gasteiger charge is 1.92. The van der Waals surface area contributed by atoms with Crippen LogP contribution >= 0.6 is 0 Å². The summed E-state index contributed by atoms with van der Waals surface area (Å²) in [5.41, 5.74) is 3.37. The van der Waals surface area contributed by atoms with Gasteiger partial charge in [0, 0.05) is 7.11 Å². The molecule has 2 rings (SSSR count). The molecule has 0 atom stereocenters. The van der Waals surface area contributed by atoms with Crippen LogP contribution in [0.4, 0.5) is 0 Å². The fourth-order valence-electron chi connectivity index (χ4n) is 1.67. The van der Waals surface area contributed by atoms with E-state index < -0.39 is 0 Å². The van der Waals surface area contributed by atoms with Gasteiger partial charge < -0.3 is 9.84 Å². The number of benzene rings is 2. The molecule has 0 aliphatic heterocycles. The minimum absolute atomic E-state index is 0.288. The van der Waals surface area contributed by atoms with Crippen LogP contribution in [0.1, 0.15) is 16.7 Å². The Balaban J connectivity index is 2.06. The lowest BCUT2D eigenvalue weighted by molar-refractivity contribution is 0.185. The molecule has 2 heteroatoms. The molecule has 0 amide bonds. The molecule has 18 heavy (non-hydrogen) atoms. The second-order valence-corrected chi connectivity index (χ2v) is 4.10. The van der Waals surface area contributed by atoms with Gasteiger partial charge in [-0.3, -0.25) is 0 Å². The number of hydrogen-bond donors (Lipinski definition) is 1. The van der Waals surface area contributed by atoms with Gasteiger partial charge in [0.1, 0.15) is 5.75 Å². The maximum atomic E-state index is 9.19. The lowest BCUT2D eigenvalue weighted by Gasteiger charge is -2.00. The highest BCUT2D eigenvalue weighted by atomic mass is 16.5. The summed E-state index contributed by atoms with van der Waals surface area (Å²) in [6.45, 7) is 0.641. The summed E-state index contributed by atoms with van der Waals surface area (Å²) >= 11 is 0. The Kier molecular flexibility index (Phi) is 4.15. The number of methoxy groups -OCH3 is 1. The van der Waals surface area contributed by atoms with Crippen molar-refractivity contribution in [1.82, 2.24) is 0 Å². The SMILES string of the molecule is COCc1ccc(C=Cc2ccc(O)cc2)cc1. The van der Waals surface area contributed by atoms with Gasteiger partial charge in [-0.1, -0.05) is 48.6 Å². The van der Waals surface area contributed by atoms with Gasteiger partial charge in [-0.2, -0.15) is 0 Å². The monoisotopic (exact) mass is 240 g/mol. The van der Waals surface area contributed by atoms with Crippen molar-refractivity contribution in [3.8, 4) is 5.75 Å². The average Bonchev–Trinajstić information content (AvgIpc) is 2.40. The summed E-state index contributed by atoms with van der Waals surface area (Å²) in [5, 5.41) is 9.19. The summed E-state index contributed by atoms with van der Waals surface area (Å²) in [7, 11) is 1.69. The molecule has 0 bridgehead atoms. The van der Waals surface area contributed by atoms with Crippen LogP contribution in [0, 0.1) is 0 Å². The van der Waals surface area contributed by atoms with E-state index >= 15 is 0 Å². The second-order valence-electron chi connectivity index (χ2n) is 4.10. The first-order valence-electron chi connectivity index (χ1n) is 5.83. The molecule has 0 aliphatic carbocycles. The van der Waals surface area contributed by atoms with Crippen molar-refractivity contribution in [3.63, 3.8) is 0 Å². The second kappa shape index (κ2) is 6.03.